The molecule has 0 N–H and O–H groups in total. The van der Waals surface area contributed by atoms with Gasteiger partial charge in [0.25, 0.3) is 0 Å². The molecule has 0 amide bonds. The first-order chi connectivity index (χ1) is 9.40. The Morgan fingerprint density at radius 2 is 1.85 bits per heavy atom. The highest BCUT2D eigenvalue weighted by Crippen LogP contribution is 2.22. The molecule has 1 radical (unpaired) electrons. The van der Waals surface area contributed by atoms with Gasteiger partial charge in [-0.3, -0.25) is 4.57 Å². The zero-order valence-electron chi connectivity index (χ0n) is 12.2. The molecule has 0 spiro atoms. The summed E-state index contributed by atoms with van der Waals surface area (Å²) in [4.78, 5) is 12.2. The van der Waals surface area contributed by atoms with Crippen LogP contribution in [0.1, 0.15) is 26.3 Å². The number of nitrogens with zero attached hydrogens (tertiary/aromatic N) is 1. The number of hydrogen-bond donors (Lipinski definition) is 0. The molecule has 0 aliphatic carbocycles. The van der Waals surface area contributed by atoms with Crippen LogP contribution in [0.2, 0.25) is 0 Å². The molecule has 3 nitrogen and oxygen atoms in total. The maximum atomic E-state index is 12.2. The summed E-state index contributed by atoms with van der Waals surface area (Å²) < 4.78 is 6.94. The van der Waals surface area contributed by atoms with Gasteiger partial charge in [-0.15, -0.1) is 0 Å². The Kier molecular flexibility index (Phi) is 3.98. The predicted octanol–water partition coefficient (Wildman–Crippen LogP) is 4.31. The molecule has 3 heteroatoms. The normalized spacial score (nSPS) is 11.4. The van der Waals surface area contributed by atoms with E-state index >= 15 is 0 Å². The minimum Gasteiger partial charge on any atom is -0.443 e. The first-order valence-corrected chi connectivity index (χ1v) is 6.70. The number of aromatic nitrogens is 1. The molecular formula is C17H20NO2. The van der Waals surface area contributed by atoms with E-state index in [0.29, 0.717) is 0 Å². The molecular weight excluding hydrogens is 250 g/mol. The Morgan fingerprint density at radius 1 is 1.20 bits per heavy atom. The predicted molar refractivity (Wildman–Crippen MR) is 80.6 cm³/mol. The number of ether oxygens (including phenoxy) is 1. The Hall–Kier alpha value is -2.03. The molecule has 0 aliphatic heterocycles. The van der Waals surface area contributed by atoms with E-state index in [9.17, 15) is 4.79 Å². The van der Waals surface area contributed by atoms with Crippen LogP contribution in [-0.4, -0.2) is 16.3 Å². The van der Waals surface area contributed by atoms with Crippen LogP contribution in [0.4, 0.5) is 4.79 Å². The summed E-state index contributed by atoms with van der Waals surface area (Å²) in [5, 5.41) is 0. The molecule has 2 aromatic rings. The topological polar surface area (TPSA) is 31.2 Å². The molecule has 1 heterocycles. The van der Waals surface area contributed by atoms with Gasteiger partial charge in [0.15, 0.2) is 0 Å². The molecule has 0 saturated carbocycles. The summed E-state index contributed by atoms with van der Waals surface area (Å²) in [6.07, 6.45) is 2.12. The van der Waals surface area contributed by atoms with Crippen molar-refractivity contribution in [3.8, 4) is 11.3 Å². The van der Waals surface area contributed by atoms with Gasteiger partial charge >= 0.3 is 6.09 Å². The first kappa shape index (κ1) is 14.4. The first-order valence-electron chi connectivity index (χ1n) is 6.70. The fourth-order valence-electron chi connectivity index (χ4n) is 1.93. The van der Waals surface area contributed by atoms with E-state index in [2.05, 4.69) is 6.92 Å². The van der Waals surface area contributed by atoms with Crippen molar-refractivity contribution in [3.63, 3.8) is 0 Å². The van der Waals surface area contributed by atoms with Crippen molar-refractivity contribution < 1.29 is 9.53 Å². The molecule has 0 aliphatic rings. The highest BCUT2D eigenvalue weighted by atomic mass is 16.6. The van der Waals surface area contributed by atoms with E-state index < -0.39 is 5.60 Å². The van der Waals surface area contributed by atoms with Gasteiger partial charge in [-0.05, 0) is 57.4 Å². The number of benzene rings is 1. The molecule has 0 saturated heterocycles. The lowest BCUT2D eigenvalue weighted by Crippen LogP contribution is -2.27. The number of carbonyl (C=O) groups is 1. The van der Waals surface area contributed by atoms with Crippen molar-refractivity contribution in [1.82, 2.24) is 4.57 Å². The lowest BCUT2D eigenvalue weighted by molar-refractivity contribution is 0.0540. The van der Waals surface area contributed by atoms with Crippen LogP contribution in [0.25, 0.3) is 11.3 Å². The van der Waals surface area contributed by atoms with Gasteiger partial charge in [-0.25, -0.2) is 4.79 Å². The van der Waals surface area contributed by atoms with Crippen molar-refractivity contribution >= 4 is 6.09 Å². The monoisotopic (exact) mass is 270 g/mol. The van der Waals surface area contributed by atoms with E-state index in [-0.39, 0.29) is 6.09 Å². The maximum Gasteiger partial charge on any atom is 0.418 e. The van der Waals surface area contributed by atoms with Gasteiger partial charge in [0.1, 0.15) is 5.60 Å². The average molecular weight is 270 g/mol. The zero-order valence-corrected chi connectivity index (χ0v) is 12.2. The van der Waals surface area contributed by atoms with Gasteiger partial charge < -0.3 is 4.74 Å². The largest absolute Gasteiger partial charge is 0.443 e. The Labute approximate surface area is 120 Å². The second-order valence-electron chi connectivity index (χ2n) is 5.69. The summed E-state index contributed by atoms with van der Waals surface area (Å²) in [5.74, 6) is 0. The van der Waals surface area contributed by atoms with Crippen LogP contribution in [0.15, 0.2) is 42.6 Å². The summed E-state index contributed by atoms with van der Waals surface area (Å²) in [7, 11) is 0. The lowest BCUT2D eigenvalue weighted by atomic mass is 10.1. The van der Waals surface area contributed by atoms with E-state index in [4.69, 9.17) is 4.74 Å². The van der Waals surface area contributed by atoms with Gasteiger partial charge in [0.05, 0.1) is 5.69 Å². The van der Waals surface area contributed by atoms with E-state index in [1.807, 2.05) is 57.2 Å². The average Bonchev–Trinajstić information content (AvgIpc) is 2.86. The molecule has 105 valence electrons. The second kappa shape index (κ2) is 5.53. The molecule has 1 aromatic heterocycles. The van der Waals surface area contributed by atoms with Crippen molar-refractivity contribution in [3.05, 3.63) is 55.1 Å². The molecule has 0 atom stereocenters. The second-order valence-corrected chi connectivity index (χ2v) is 5.69. The molecule has 1 aromatic carbocycles. The summed E-state index contributed by atoms with van der Waals surface area (Å²) in [6.45, 7) is 9.43. The molecule has 2 rings (SSSR count). The number of carbonyl (C=O) groups excluding carboxylic acids is 1. The molecule has 20 heavy (non-hydrogen) atoms. The van der Waals surface area contributed by atoms with E-state index in [0.717, 1.165) is 17.7 Å². The van der Waals surface area contributed by atoms with Gasteiger partial charge in [0.2, 0.25) is 0 Å². The Bertz CT molecular complexity index is 588. The quantitative estimate of drug-likeness (QED) is 0.814. The molecule has 0 fully saturated rings. The van der Waals surface area contributed by atoms with Crippen molar-refractivity contribution in [1.29, 1.82) is 0 Å². The van der Waals surface area contributed by atoms with Crippen LogP contribution < -0.4 is 0 Å². The minimum atomic E-state index is -0.504. The third kappa shape index (κ3) is 3.29. The molecule has 0 unspecified atom stereocenters. The lowest BCUT2D eigenvalue weighted by Gasteiger charge is -2.20. The van der Waals surface area contributed by atoms with Crippen molar-refractivity contribution in [2.24, 2.45) is 0 Å². The van der Waals surface area contributed by atoms with Crippen molar-refractivity contribution in [2.45, 2.75) is 32.8 Å². The smallest absolute Gasteiger partial charge is 0.418 e. The van der Waals surface area contributed by atoms with E-state index in [1.165, 1.54) is 10.1 Å². The van der Waals surface area contributed by atoms with Crippen LogP contribution in [0.5, 0.6) is 0 Å². The summed E-state index contributed by atoms with van der Waals surface area (Å²) in [6, 6.07) is 11.8. The van der Waals surface area contributed by atoms with Gasteiger partial charge in [0, 0.05) is 6.20 Å². The van der Waals surface area contributed by atoms with Crippen molar-refractivity contribution in [2.75, 3.05) is 0 Å². The highest BCUT2D eigenvalue weighted by molar-refractivity contribution is 5.78. The third-order valence-corrected chi connectivity index (χ3v) is 2.88. The van der Waals surface area contributed by atoms with Gasteiger partial charge in [-0.2, -0.15) is 0 Å². The summed E-state index contributed by atoms with van der Waals surface area (Å²) in [5.41, 5.74) is 2.48. The van der Waals surface area contributed by atoms with Crippen LogP contribution in [0.3, 0.4) is 0 Å². The number of rotatable bonds is 2. The Balaban J connectivity index is 2.30. The van der Waals surface area contributed by atoms with Gasteiger partial charge in [-0.1, -0.05) is 24.3 Å². The standard InChI is InChI=1S/C17H20NO2/c1-5-13-8-10-14(11-9-13)15-7-6-12-18(15)16(19)20-17(2,3)4/h6-12H,1,5H2,2-4H3. The molecule has 0 bridgehead atoms. The fourth-order valence-corrected chi connectivity index (χ4v) is 1.93. The van der Waals surface area contributed by atoms with Crippen LogP contribution in [0, 0.1) is 6.92 Å². The Morgan fingerprint density at radius 3 is 2.40 bits per heavy atom. The number of hydrogen-bond acceptors (Lipinski definition) is 2. The maximum absolute atomic E-state index is 12.2. The third-order valence-electron chi connectivity index (χ3n) is 2.88. The minimum absolute atomic E-state index is 0.362. The zero-order chi connectivity index (χ0) is 14.8. The SMILES string of the molecule is [CH2]Cc1ccc(-c2cccn2C(=O)OC(C)(C)C)cc1. The highest BCUT2D eigenvalue weighted by Gasteiger charge is 2.19. The fraction of sp³-hybridized carbons (Fsp3) is 0.294. The van der Waals surface area contributed by atoms with Crippen LogP contribution in [-0.2, 0) is 11.2 Å². The van der Waals surface area contributed by atoms with E-state index in [1.54, 1.807) is 6.20 Å². The van der Waals surface area contributed by atoms with Crippen LogP contribution >= 0.6 is 0 Å². The summed E-state index contributed by atoms with van der Waals surface area (Å²) >= 11 is 0.